The smallest absolute Gasteiger partial charge is 0.115 e. The summed E-state index contributed by atoms with van der Waals surface area (Å²) in [4.78, 5) is 4.95. The van der Waals surface area contributed by atoms with Gasteiger partial charge in [-0.15, -0.1) is 0 Å². The summed E-state index contributed by atoms with van der Waals surface area (Å²) in [5.74, 6) is 0.250. The topological polar surface area (TPSA) is 85.6 Å². The maximum atomic E-state index is 9.61. The molecule has 0 spiro atoms. The van der Waals surface area contributed by atoms with Crippen molar-refractivity contribution in [3.05, 3.63) is 53.7 Å². The highest BCUT2D eigenvalue weighted by molar-refractivity contribution is 6.07. The van der Waals surface area contributed by atoms with Crippen LogP contribution in [0, 0.1) is 17.2 Å². The number of hydrogen-bond acceptors (Lipinski definition) is 4. The summed E-state index contributed by atoms with van der Waals surface area (Å²) in [6.07, 6.45) is 4.29. The lowest BCUT2D eigenvalue weighted by Crippen LogP contribution is -2.15. The molecule has 2 aromatic heterocycles. The number of aryl methyl sites for hydroxylation is 1. The van der Waals surface area contributed by atoms with Gasteiger partial charge in [-0.3, -0.25) is 5.10 Å². The van der Waals surface area contributed by atoms with Gasteiger partial charge in [0, 0.05) is 16.3 Å². The van der Waals surface area contributed by atoms with Crippen LogP contribution in [0.5, 0.6) is 5.75 Å². The van der Waals surface area contributed by atoms with Crippen molar-refractivity contribution in [3.63, 3.8) is 0 Å². The first-order valence-corrected chi connectivity index (χ1v) is 8.71. The number of benzene rings is 2. The van der Waals surface area contributed by atoms with Crippen LogP contribution in [-0.2, 0) is 12.8 Å². The van der Waals surface area contributed by atoms with Gasteiger partial charge < -0.3 is 5.11 Å². The van der Waals surface area contributed by atoms with E-state index in [2.05, 4.69) is 16.3 Å². The zero-order valence-electron chi connectivity index (χ0n) is 14.0. The zero-order chi connectivity index (χ0) is 17.7. The van der Waals surface area contributed by atoms with Gasteiger partial charge in [0.25, 0.3) is 0 Å². The molecule has 1 unspecified atom stereocenters. The standard InChI is InChI=1S/C21H16N4O/c22-10-12-1-6-15-16(9-12)21(13-2-4-14(26)5-3-13)24-19-8-7-18-17(20(15)19)11-23-25-18/h2-5,7-8,11-12,26H,1,6,9H2,(H,23,25). The van der Waals surface area contributed by atoms with E-state index in [-0.39, 0.29) is 11.7 Å². The Kier molecular flexibility index (Phi) is 3.19. The van der Waals surface area contributed by atoms with Gasteiger partial charge in [0.15, 0.2) is 0 Å². The van der Waals surface area contributed by atoms with Gasteiger partial charge in [-0.2, -0.15) is 10.4 Å². The predicted octanol–water partition coefficient (Wildman–Crippen LogP) is 4.11. The molecule has 26 heavy (non-hydrogen) atoms. The number of pyridine rings is 1. The van der Waals surface area contributed by atoms with E-state index >= 15 is 0 Å². The number of phenolic OH excluding ortho intramolecular Hbond substituents is 1. The quantitative estimate of drug-likeness (QED) is 0.546. The van der Waals surface area contributed by atoms with Crippen LogP contribution >= 0.6 is 0 Å². The third-order valence-corrected chi connectivity index (χ3v) is 5.30. The van der Waals surface area contributed by atoms with Crippen LogP contribution in [0.15, 0.2) is 42.6 Å². The summed E-state index contributed by atoms with van der Waals surface area (Å²) in [7, 11) is 0. The van der Waals surface area contributed by atoms with Crippen molar-refractivity contribution in [1.82, 2.24) is 15.2 Å². The number of nitrogens with zero attached hydrogens (tertiary/aromatic N) is 3. The number of phenols is 1. The van der Waals surface area contributed by atoms with E-state index in [0.29, 0.717) is 6.42 Å². The summed E-state index contributed by atoms with van der Waals surface area (Å²) in [5, 5.41) is 28.5. The van der Waals surface area contributed by atoms with Gasteiger partial charge in [0.05, 0.1) is 34.9 Å². The maximum Gasteiger partial charge on any atom is 0.115 e. The molecule has 5 heteroatoms. The number of fused-ring (bicyclic) bond motifs is 5. The fraction of sp³-hybridized carbons (Fsp3) is 0.190. The van der Waals surface area contributed by atoms with Crippen LogP contribution in [0.2, 0.25) is 0 Å². The average Bonchev–Trinajstić information content (AvgIpc) is 3.16. The van der Waals surface area contributed by atoms with Crippen LogP contribution in [-0.4, -0.2) is 20.3 Å². The van der Waals surface area contributed by atoms with Crippen LogP contribution in [0.3, 0.4) is 0 Å². The molecule has 0 saturated heterocycles. The first-order chi connectivity index (χ1) is 12.7. The number of aromatic nitrogens is 3. The number of hydrogen-bond donors (Lipinski definition) is 2. The molecule has 0 radical (unpaired) electrons. The minimum atomic E-state index is 0.0150. The summed E-state index contributed by atoms with van der Waals surface area (Å²) >= 11 is 0. The van der Waals surface area contributed by atoms with E-state index in [9.17, 15) is 10.4 Å². The van der Waals surface area contributed by atoms with E-state index in [1.165, 1.54) is 5.56 Å². The van der Waals surface area contributed by atoms with E-state index < -0.39 is 0 Å². The minimum Gasteiger partial charge on any atom is -0.508 e. The second-order valence-electron chi connectivity index (χ2n) is 6.82. The van der Waals surface area contributed by atoms with Crippen molar-refractivity contribution >= 4 is 21.8 Å². The highest BCUT2D eigenvalue weighted by atomic mass is 16.3. The molecule has 5 nitrogen and oxygen atoms in total. The number of H-pyrrole nitrogens is 1. The number of aromatic hydroxyl groups is 1. The number of nitrogens with one attached hydrogen (secondary N) is 1. The second-order valence-corrected chi connectivity index (χ2v) is 6.82. The molecule has 2 heterocycles. The fourth-order valence-corrected chi connectivity index (χ4v) is 4.03. The largest absolute Gasteiger partial charge is 0.508 e. The molecular formula is C21H16N4O. The molecule has 1 aliphatic rings. The normalized spacial score (nSPS) is 16.5. The molecule has 1 aliphatic carbocycles. The summed E-state index contributed by atoms with van der Waals surface area (Å²) in [5.41, 5.74) is 6.24. The molecule has 1 atom stereocenters. The fourth-order valence-electron chi connectivity index (χ4n) is 4.03. The molecule has 0 fully saturated rings. The van der Waals surface area contributed by atoms with Gasteiger partial charge in [0.2, 0.25) is 0 Å². The summed E-state index contributed by atoms with van der Waals surface area (Å²) in [6.45, 7) is 0. The Balaban J connectivity index is 1.86. The Hall–Kier alpha value is -3.39. The third kappa shape index (κ3) is 2.16. The third-order valence-electron chi connectivity index (χ3n) is 5.30. The van der Waals surface area contributed by atoms with Gasteiger partial charge in [0.1, 0.15) is 5.75 Å². The van der Waals surface area contributed by atoms with E-state index in [0.717, 1.165) is 51.5 Å². The van der Waals surface area contributed by atoms with Gasteiger partial charge in [-0.1, -0.05) is 0 Å². The van der Waals surface area contributed by atoms with Crippen LogP contribution in [0.1, 0.15) is 17.5 Å². The van der Waals surface area contributed by atoms with Crippen molar-refractivity contribution in [2.24, 2.45) is 5.92 Å². The van der Waals surface area contributed by atoms with Crippen LogP contribution in [0.4, 0.5) is 0 Å². The van der Waals surface area contributed by atoms with Crippen molar-refractivity contribution in [3.8, 4) is 23.1 Å². The monoisotopic (exact) mass is 340 g/mol. The Morgan fingerprint density at radius 3 is 2.77 bits per heavy atom. The lowest BCUT2D eigenvalue weighted by atomic mass is 9.80. The molecule has 0 aliphatic heterocycles. The number of nitriles is 1. The van der Waals surface area contributed by atoms with E-state index in [1.54, 1.807) is 12.1 Å². The van der Waals surface area contributed by atoms with E-state index in [1.807, 2.05) is 30.5 Å². The van der Waals surface area contributed by atoms with Crippen LogP contribution in [0.25, 0.3) is 33.1 Å². The Bertz CT molecular complexity index is 1180. The Labute approximate surface area is 149 Å². The lowest BCUT2D eigenvalue weighted by molar-refractivity contribution is 0.475. The molecule has 2 N–H and O–H groups in total. The van der Waals surface area contributed by atoms with Crippen molar-refractivity contribution in [1.29, 1.82) is 5.26 Å². The SMILES string of the molecule is N#CC1CCc2c(c(-c3ccc(O)cc3)nc3ccc4[nH]ncc4c23)C1. The van der Waals surface area contributed by atoms with Crippen molar-refractivity contribution in [2.75, 3.05) is 0 Å². The zero-order valence-corrected chi connectivity index (χ0v) is 14.0. The molecule has 0 amide bonds. The lowest BCUT2D eigenvalue weighted by Gasteiger charge is -2.24. The van der Waals surface area contributed by atoms with Crippen molar-refractivity contribution in [2.45, 2.75) is 19.3 Å². The average molecular weight is 340 g/mol. The maximum absolute atomic E-state index is 9.61. The minimum absolute atomic E-state index is 0.0150. The highest BCUT2D eigenvalue weighted by Crippen LogP contribution is 2.39. The predicted molar refractivity (Wildman–Crippen MR) is 99.6 cm³/mol. The van der Waals surface area contributed by atoms with Gasteiger partial charge in [-0.05, 0) is 66.8 Å². The Morgan fingerprint density at radius 2 is 1.96 bits per heavy atom. The molecular weight excluding hydrogens is 324 g/mol. The van der Waals surface area contributed by atoms with Gasteiger partial charge >= 0.3 is 0 Å². The van der Waals surface area contributed by atoms with Crippen molar-refractivity contribution < 1.29 is 5.11 Å². The first-order valence-electron chi connectivity index (χ1n) is 8.71. The molecule has 126 valence electrons. The van der Waals surface area contributed by atoms with E-state index in [4.69, 9.17) is 4.98 Å². The summed E-state index contributed by atoms with van der Waals surface area (Å²) < 4.78 is 0. The number of rotatable bonds is 1. The molecule has 0 saturated carbocycles. The molecule has 2 aromatic carbocycles. The van der Waals surface area contributed by atoms with Gasteiger partial charge in [-0.25, -0.2) is 4.98 Å². The van der Waals surface area contributed by atoms with Crippen LogP contribution < -0.4 is 0 Å². The number of aromatic amines is 1. The first kappa shape index (κ1) is 14.9. The Morgan fingerprint density at radius 1 is 1.12 bits per heavy atom. The second kappa shape index (κ2) is 5.57. The molecule has 4 aromatic rings. The molecule has 5 rings (SSSR count). The molecule has 0 bridgehead atoms. The summed E-state index contributed by atoms with van der Waals surface area (Å²) in [6, 6.07) is 13.6. The highest BCUT2D eigenvalue weighted by Gasteiger charge is 2.25.